The van der Waals surface area contributed by atoms with Crippen LogP contribution in [0.4, 0.5) is 24.5 Å². The Kier molecular flexibility index (Phi) is 5.15. The first-order chi connectivity index (χ1) is 12.3. The molecule has 26 heavy (non-hydrogen) atoms. The lowest BCUT2D eigenvalue weighted by atomic mass is 10.1. The van der Waals surface area contributed by atoms with E-state index in [1.54, 1.807) is 24.3 Å². The van der Waals surface area contributed by atoms with Crippen molar-refractivity contribution in [2.45, 2.75) is 11.1 Å². The fourth-order valence-electron chi connectivity index (χ4n) is 2.45. The number of hydrogen-bond donors (Lipinski definition) is 1. The number of rotatable bonds is 3. The maximum absolute atomic E-state index is 13.0. The quantitative estimate of drug-likeness (QED) is 0.828. The molecule has 0 fully saturated rings. The minimum Gasteiger partial charge on any atom is -0.323 e. The van der Waals surface area contributed by atoms with E-state index in [-0.39, 0.29) is 11.4 Å². The van der Waals surface area contributed by atoms with Crippen LogP contribution < -0.4 is 10.2 Å². The van der Waals surface area contributed by atoms with Crippen molar-refractivity contribution in [3.05, 3.63) is 53.1 Å². The van der Waals surface area contributed by atoms with E-state index in [1.165, 1.54) is 6.07 Å². The molecule has 0 saturated heterocycles. The largest absolute Gasteiger partial charge is 0.416 e. The van der Waals surface area contributed by atoms with Crippen LogP contribution in [0.2, 0.25) is 5.02 Å². The van der Waals surface area contributed by atoms with Gasteiger partial charge in [0, 0.05) is 4.90 Å². The molecule has 0 aromatic heterocycles. The van der Waals surface area contributed by atoms with E-state index in [9.17, 15) is 22.8 Å². The third kappa shape index (κ3) is 3.96. The number of anilines is 2. The molecule has 0 atom stereocenters. The second-order valence-corrected chi connectivity index (χ2v) is 6.90. The van der Waals surface area contributed by atoms with Crippen molar-refractivity contribution in [1.29, 1.82) is 0 Å². The summed E-state index contributed by atoms with van der Waals surface area (Å²) >= 11 is 7.11. The van der Waals surface area contributed by atoms with Crippen LogP contribution in [0, 0.1) is 0 Å². The second-order valence-electron chi connectivity index (χ2n) is 5.48. The maximum Gasteiger partial charge on any atom is 0.416 e. The van der Waals surface area contributed by atoms with Crippen LogP contribution in [0.25, 0.3) is 0 Å². The van der Waals surface area contributed by atoms with E-state index in [0.717, 1.165) is 28.8 Å². The van der Waals surface area contributed by atoms with Crippen molar-refractivity contribution in [3.63, 3.8) is 0 Å². The number of hydrogen-bond acceptors (Lipinski definition) is 3. The lowest BCUT2D eigenvalue weighted by molar-refractivity contribution is -0.137. The van der Waals surface area contributed by atoms with E-state index >= 15 is 0 Å². The monoisotopic (exact) mass is 400 g/mol. The van der Waals surface area contributed by atoms with Crippen LogP contribution in [0.1, 0.15) is 5.56 Å². The van der Waals surface area contributed by atoms with Crippen LogP contribution >= 0.6 is 23.4 Å². The summed E-state index contributed by atoms with van der Waals surface area (Å²) in [7, 11) is 0. The summed E-state index contributed by atoms with van der Waals surface area (Å²) < 4.78 is 38.9. The first kappa shape index (κ1) is 18.6. The lowest BCUT2D eigenvalue weighted by Gasteiger charge is -2.29. The molecule has 4 nitrogen and oxygen atoms in total. The van der Waals surface area contributed by atoms with Crippen molar-refractivity contribution >= 4 is 46.6 Å². The summed E-state index contributed by atoms with van der Waals surface area (Å²) in [5.74, 6) is -0.935. The van der Waals surface area contributed by atoms with Gasteiger partial charge in [0.25, 0.3) is 0 Å². The Balaban J connectivity index is 1.85. The Bertz CT molecular complexity index is 873. The van der Waals surface area contributed by atoms with Gasteiger partial charge in [-0.25, -0.2) is 0 Å². The fraction of sp³-hybridized carbons (Fsp3) is 0.176. The molecule has 0 unspecified atom stereocenters. The zero-order valence-corrected chi connectivity index (χ0v) is 14.7. The molecule has 2 aromatic rings. The molecule has 1 heterocycles. The predicted molar refractivity (Wildman–Crippen MR) is 94.6 cm³/mol. The molecule has 0 radical (unpaired) electrons. The highest BCUT2D eigenvalue weighted by atomic mass is 35.5. The zero-order valence-electron chi connectivity index (χ0n) is 13.1. The lowest BCUT2D eigenvalue weighted by Crippen LogP contribution is -2.41. The summed E-state index contributed by atoms with van der Waals surface area (Å²) in [5.41, 5.74) is -0.430. The van der Waals surface area contributed by atoms with Crippen molar-refractivity contribution in [3.8, 4) is 0 Å². The molecular weight excluding hydrogens is 389 g/mol. The van der Waals surface area contributed by atoms with Crippen molar-refractivity contribution in [2.24, 2.45) is 0 Å². The number of alkyl halides is 3. The highest BCUT2D eigenvalue weighted by molar-refractivity contribution is 8.00. The van der Waals surface area contributed by atoms with E-state index in [4.69, 9.17) is 11.6 Å². The fourth-order valence-corrected chi connectivity index (χ4v) is 3.55. The number of fused-ring (bicyclic) bond motifs is 1. The van der Waals surface area contributed by atoms with Crippen LogP contribution in [0.15, 0.2) is 47.4 Å². The summed E-state index contributed by atoms with van der Waals surface area (Å²) in [4.78, 5) is 26.0. The first-order valence-electron chi connectivity index (χ1n) is 7.44. The van der Waals surface area contributed by atoms with Gasteiger partial charge in [-0.2, -0.15) is 13.2 Å². The number of nitrogens with one attached hydrogen (secondary N) is 1. The number of halogens is 4. The molecule has 0 aliphatic carbocycles. The van der Waals surface area contributed by atoms with Crippen LogP contribution in [-0.2, 0) is 15.8 Å². The number of amides is 2. The summed E-state index contributed by atoms with van der Waals surface area (Å²) in [6.07, 6.45) is -4.54. The van der Waals surface area contributed by atoms with Gasteiger partial charge in [0.1, 0.15) is 6.54 Å². The molecule has 1 N–H and O–H groups in total. The Labute approximate surface area is 156 Å². The summed E-state index contributed by atoms with van der Waals surface area (Å²) in [5, 5.41) is 2.88. The summed E-state index contributed by atoms with van der Waals surface area (Å²) in [6, 6.07) is 9.71. The normalized spacial score (nSPS) is 14.2. The molecule has 136 valence electrons. The molecular formula is C17H12ClF3N2O2S. The van der Waals surface area contributed by atoms with Gasteiger partial charge in [-0.15, -0.1) is 11.8 Å². The van der Waals surface area contributed by atoms with Crippen molar-refractivity contribution in [2.75, 3.05) is 22.5 Å². The molecule has 2 amide bonds. The Morgan fingerprint density at radius 3 is 2.65 bits per heavy atom. The number of para-hydroxylation sites is 1. The molecule has 0 spiro atoms. The Hall–Kier alpha value is -2.19. The topological polar surface area (TPSA) is 49.4 Å². The predicted octanol–water partition coefficient (Wildman–Crippen LogP) is 4.44. The highest BCUT2D eigenvalue weighted by Gasteiger charge is 2.34. The number of carbonyl (C=O) groups is 2. The first-order valence-corrected chi connectivity index (χ1v) is 8.81. The Morgan fingerprint density at radius 1 is 1.23 bits per heavy atom. The van der Waals surface area contributed by atoms with Gasteiger partial charge < -0.3 is 10.2 Å². The van der Waals surface area contributed by atoms with Gasteiger partial charge in [0.2, 0.25) is 11.8 Å². The molecule has 0 saturated carbocycles. The van der Waals surface area contributed by atoms with E-state index in [2.05, 4.69) is 5.32 Å². The number of thioether (sulfide) groups is 1. The SMILES string of the molecule is O=C(CN1C(=O)CSc2ccc(C(F)(F)F)cc21)Nc1ccccc1Cl. The average Bonchev–Trinajstić information content (AvgIpc) is 2.58. The third-order valence-corrected chi connectivity index (χ3v) is 5.06. The second kappa shape index (κ2) is 7.20. The zero-order chi connectivity index (χ0) is 18.9. The molecule has 3 rings (SSSR count). The van der Waals surface area contributed by atoms with E-state index < -0.39 is 30.1 Å². The summed E-state index contributed by atoms with van der Waals surface area (Å²) in [6.45, 7) is -0.404. The van der Waals surface area contributed by atoms with E-state index in [0.29, 0.717) is 15.6 Å². The Morgan fingerprint density at radius 2 is 1.96 bits per heavy atom. The number of nitrogens with zero attached hydrogens (tertiary/aromatic N) is 1. The maximum atomic E-state index is 13.0. The molecule has 1 aliphatic rings. The molecule has 0 bridgehead atoms. The van der Waals surface area contributed by atoms with Gasteiger partial charge in [-0.1, -0.05) is 23.7 Å². The van der Waals surface area contributed by atoms with Gasteiger partial charge in [-0.3, -0.25) is 9.59 Å². The minimum atomic E-state index is -4.54. The number of carbonyl (C=O) groups excluding carboxylic acids is 2. The van der Waals surface area contributed by atoms with Crippen molar-refractivity contribution in [1.82, 2.24) is 0 Å². The standard InChI is InChI=1S/C17H12ClF3N2O2S/c18-11-3-1-2-4-12(11)22-15(24)8-23-13-7-10(17(19,20)21)5-6-14(13)26-9-16(23)25/h1-7H,8-9H2,(H,22,24). The van der Waals surface area contributed by atoms with Crippen LogP contribution in [-0.4, -0.2) is 24.1 Å². The number of benzene rings is 2. The van der Waals surface area contributed by atoms with Gasteiger partial charge in [0.15, 0.2) is 0 Å². The average molecular weight is 401 g/mol. The van der Waals surface area contributed by atoms with Gasteiger partial charge in [-0.05, 0) is 30.3 Å². The molecule has 2 aromatic carbocycles. The van der Waals surface area contributed by atoms with Crippen LogP contribution in [0.3, 0.4) is 0 Å². The highest BCUT2D eigenvalue weighted by Crippen LogP contribution is 2.40. The van der Waals surface area contributed by atoms with Crippen molar-refractivity contribution < 1.29 is 22.8 Å². The van der Waals surface area contributed by atoms with Gasteiger partial charge >= 0.3 is 6.18 Å². The van der Waals surface area contributed by atoms with Gasteiger partial charge in [0.05, 0.1) is 27.7 Å². The molecule has 1 aliphatic heterocycles. The van der Waals surface area contributed by atoms with Crippen LogP contribution in [0.5, 0.6) is 0 Å². The third-order valence-electron chi connectivity index (χ3n) is 3.68. The minimum absolute atomic E-state index is 0.0533. The van der Waals surface area contributed by atoms with E-state index in [1.807, 2.05) is 0 Å². The smallest absolute Gasteiger partial charge is 0.323 e. The molecule has 9 heteroatoms.